The lowest BCUT2D eigenvalue weighted by molar-refractivity contribution is 0.180. The summed E-state index contributed by atoms with van der Waals surface area (Å²) >= 11 is 0. The van der Waals surface area contributed by atoms with E-state index in [1.165, 1.54) is 4.31 Å². The number of nitrogens with zero attached hydrogens (tertiary/aromatic N) is 1. The third-order valence-electron chi connectivity index (χ3n) is 4.29. The number of hydrogen-bond acceptors (Lipinski definition) is 3. The summed E-state index contributed by atoms with van der Waals surface area (Å²) in [6, 6.07) is 0. The number of rotatable bonds is 4. The van der Waals surface area contributed by atoms with Gasteiger partial charge in [0.1, 0.15) is 0 Å². The van der Waals surface area contributed by atoms with Gasteiger partial charge >= 0.3 is 0 Å². The first kappa shape index (κ1) is 14.2. The minimum Gasteiger partial charge on any atom is -0.394 e. The quantitative estimate of drug-likeness (QED) is 0.800. The highest BCUT2D eigenvalue weighted by atomic mass is 32.2. The van der Waals surface area contributed by atoms with Crippen LogP contribution in [-0.2, 0) is 10.2 Å². The maximum Gasteiger partial charge on any atom is 0.280 e. The fourth-order valence-corrected chi connectivity index (χ4v) is 4.54. The lowest BCUT2D eigenvalue weighted by Crippen LogP contribution is -2.55. The van der Waals surface area contributed by atoms with Crippen LogP contribution < -0.4 is 4.72 Å². The Kier molecular flexibility index (Phi) is 4.31. The van der Waals surface area contributed by atoms with E-state index in [1.54, 1.807) is 0 Å². The van der Waals surface area contributed by atoms with Crippen molar-refractivity contribution >= 4 is 10.2 Å². The molecule has 0 aromatic rings. The van der Waals surface area contributed by atoms with Crippen LogP contribution in [0.2, 0.25) is 0 Å². The predicted octanol–water partition coefficient (Wildman–Crippen LogP) is 0.858. The Bertz CT molecular complexity index is 369. The van der Waals surface area contributed by atoms with E-state index in [-0.39, 0.29) is 6.61 Å². The average molecular weight is 276 g/mol. The van der Waals surface area contributed by atoms with Gasteiger partial charge in [0.2, 0.25) is 0 Å². The highest BCUT2D eigenvalue weighted by Crippen LogP contribution is 2.30. The molecule has 2 rings (SSSR count). The number of piperidine rings is 1. The zero-order chi connectivity index (χ0) is 13.2. The van der Waals surface area contributed by atoms with Gasteiger partial charge < -0.3 is 5.11 Å². The van der Waals surface area contributed by atoms with Gasteiger partial charge in [-0.1, -0.05) is 19.8 Å². The number of hydrogen-bond donors (Lipinski definition) is 2. The standard InChI is InChI=1S/C12H24N2O3S/c1-11-4-8-14(9-5-11)18(16,17)13-12(10-15)6-2-3-7-12/h11,13,15H,2-10H2,1H3. The predicted molar refractivity (Wildman–Crippen MR) is 70.3 cm³/mol. The molecule has 2 fully saturated rings. The van der Waals surface area contributed by atoms with Gasteiger partial charge in [-0.25, -0.2) is 0 Å². The molecular formula is C12H24N2O3S. The minimum atomic E-state index is -3.44. The summed E-state index contributed by atoms with van der Waals surface area (Å²) in [5.41, 5.74) is -0.609. The molecule has 0 bridgehead atoms. The van der Waals surface area contributed by atoms with Crippen molar-refractivity contribution in [3.05, 3.63) is 0 Å². The van der Waals surface area contributed by atoms with Crippen LogP contribution in [-0.4, -0.2) is 43.1 Å². The fraction of sp³-hybridized carbons (Fsp3) is 1.00. The monoisotopic (exact) mass is 276 g/mol. The summed E-state index contributed by atoms with van der Waals surface area (Å²) in [6.07, 6.45) is 5.31. The fourth-order valence-electron chi connectivity index (χ4n) is 2.91. The highest BCUT2D eigenvalue weighted by molar-refractivity contribution is 7.87. The number of aliphatic hydroxyl groups excluding tert-OH is 1. The summed E-state index contributed by atoms with van der Waals surface area (Å²) in [5, 5.41) is 9.47. The van der Waals surface area contributed by atoms with Crippen molar-refractivity contribution in [3.63, 3.8) is 0 Å². The molecule has 6 heteroatoms. The summed E-state index contributed by atoms with van der Waals surface area (Å²) < 4.78 is 28.9. The van der Waals surface area contributed by atoms with Crippen molar-refractivity contribution in [2.24, 2.45) is 5.92 Å². The first-order valence-corrected chi connectivity index (χ1v) is 8.31. The molecule has 5 nitrogen and oxygen atoms in total. The number of nitrogens with one attached hydrogen (secondary N) is 1. The molecule has 106 valence electrons. The van der Waals surface area contributed by atoms with E-state index < -0.39 is 15.7 Å². The Morgan fingerprint density at radius 1 is 1.28 bits per heavy atom. The van der Waals surface area contributed by atoms with Gasteiger partial charge in [0.05, 0.1) is 12.1 Å². The maximum atomic E-state index is 12.3. The molecule has 1 saturated carbocycles. The van der Waals surface area contributed by atoms with E-state index in [9.17, 15) is 13.5 Å². The largest absolute Gasteiger partial charge is 0.394 e. The van der Waals surface area contributed by atoms with E-state index in [2.05, 4.69) is 11.6 Å². The van der Waals surface area contributed by atoms with E-state index >= 15 is 0 Å². The van der Waals surface area contributed by atoms with Gasteiger partial charge in [0.25, 0.3) is 10.2 Å². The second-order valence-corrected chi connectivity index (χ2v) is 7.50. The molecule has 0 spiro atoms. The normalized spacial score (nSPS) is 26.6. The first-order chi connectivity index (χ1) is 8.47. The van der Waals surface area contributed by atoms with Crippen LogP contribution in [0.4, 0.5) is 0 Å². The lowest BCUT2D eigenvalue weighted by Gasteiger charge is -2.34. The Morgan fingerprint density at radius 2 is 1.83 bits per heavy atom. The van der Waals surface area contributed by atoms with Gasteiger partial charge in [-0.2, -0.15) is 17.4 Å². The van der Waals surface area contributed by atoms with Crippen molar-refractivity contribution in [1.29, 1.82) is 0 Å². The second-order valence-electron chi connectivity index (χ2n) is 5.83. The molecule has 0 aromatic carbocycles. The third-order valence-corrected chi connectivity index (χ3v) is 6.03. The van der Waals surface area contributed by atoms with Crippen LogP contribution >= 0.6 is 0 Å². The summed E-state index contributed by atoms with van der Waals surface area (Å²) in [6.45, 7) is 3.25. The van der Waals surface area contributed by atoms with E-state index in [4.69, 9.17) is 0 Å². The van der Waals surface area contributed by atoms with Gasteiger partial charge in [-0.05, 0) is 31.6 Å². The first-order valence-electron chi connectivity index (χ1n) is 6.87. The van der Waals surface area contributed by atoms with Crippen LogP contribution in [0.1, 0.15) is 45.4 Å². The van der Waals surface area contributed by atoms with Crippen LogP contribution in [0.5, 0.6) is 0 Å². The Morgan fingerprint density at radius 3 is 2.33 bits per heavy atom. The van der Waals surface area contributed by atoms with Crippen LogP contribution in [0.3, 0.4) is 0 Å². The van der Waals surface area contributed by atoms with Gasteiger partial charge in [-0.3, -0.25) is 0 Å². The topological polar surface area (TPSA) is 69.6 Å². The molecular weight excluding hydrogens is 252 g/mol. The molecule has 1 saturated heterocycles. The highest BCUT2D eigenvalue weighted by Gasteiger charge is 2.39. The molecule has 0 unspecified atom stereocenters. The summed E-state index contributed by atoms with van der Waals surface area (Å²) in [5.74, 6) is 0.606. The van der Waals surface area contributed by atoms with Crippen molar-refractivity contribution in [3.8, 4) is 0 Å². The zero-order valence-electron chi connectivity index (χ0n) is 11.1. The summed E-state index contributed by atoms with van der Waals surface area (Å²) in [7, 11) is -3.44. The SMILES string of the molecule is CC1CCN(S(=O)(=O)NC2(CO)CCCC2)CC1. The average Bonchev–Trinajstić information content (AvgIpc) is 2.78. The maximum absolute atomic E-state index is 12.3. The Balaban J connectivity index is 2.02. The smallest absolute Gasteiger partial charge is 0.280 e. The van der Waals surface area contributed by atoms with Crippen molar-refractivity contribution < 1.29 is 13.5 Å². The Hall–Kier alpha value is -0.170. The lowest BCUT2D eigenvalue weighted by atomic mass is 10.0. The van der Waals surface area contributed by atoms with Crippen molar-refractivity contribution in [1.82, 2.24) is 9.03 Å². The second kappa shape index (κ2) is 5.45. The van der Waals surface area contributed by atoms with E-state index in [1.807, 2.05) is 0 Å². The summed E-state index contributed by atoms with van der Waals surface area (Å²) in [4.78, 5) is 0. The van der Waals surface area contributed by atoms with Gasteiger partial charge in [-0.15, -0.1) is 0 Å². The molecule has 1 aliphatic heterocycles. The molecule has 0 aromatic heterocycles. The van der Waals surface area contributed by atoms with Crippen LogP contribution in [0, 0.1) is 5.92 Å². The van der Waals surface area contributed by atoms with Crippen LogP contribution in [0.25, 0.3) is 0 Å². The molecule has 2 aliphatic rings. The third kappa shape index (κ3) is 3.04. The van der Waals surface area contributed by atoms with Crippen LogP contribution in [0.15, 0.2) is 0 Å². The molecule has 1 heterocycles. The van der Waals surface area contributed by atoms with Crippen molar-refractivity contribution in [2.45, 2.75) is 51.0 Å². The minimum absolute atomic E-state index is 0.101. The molecule has 0 atom stereocenters. The number of aliphatic hydroxyl groups is 1. The zero-order valence-corrected chi connectivity index (χ0v) is 11.9. The van der Waals surface area contributed by atoms with Gasteiger partial charge in [0, 0.05) is 13.1 Å². The van der Waals surface area contributed by atoms with Gasteiger partial charge in [0.15, 0.2) is 0 Å². The molecule has 0 radical (unpaired) electrons. The molecule has 1 aliphatic carbocycles. The Labute approximate surface area is 110 Å². The molecule has 18 heavy (non-hydrogen) atoms. The molecule has 0 amide bonds. The molecule has 2 N–H and O–H groups in total. The van der Waals surface area contributed by atoms with Crippen molar-refractivity contribution in [2.75, 3.05) is 19.7 Å². The van der Waals surface area contributed by atoms with E-state index in [0.717, 1.165) is 38.5 Å². The van der Waals surface area contributed by atoms with E-state index in [0.29, 0.717) is 19.0 Å².